The molecule has 0 saturated carbocycles. The van der Waals surface area contributed by atoms with Crippen molar-refractivity contribution >= 4 is 5.91 Å². The lowest BCUT2D eigenvalue weighted by molar-refractivity contribution is -0.132. The summed E-state index contributed by atoms with van der Waals surface area (Å²) < 4.78 is 5.12. The van der Waals surface area contributed by atoms with Crippen molar-refractivity contribution in [2.24, 2.45) is 0 Å². The number of hydrogen-bond donors (Lipinski definition) is 0. The van der Waals surface area contributed by atoms with Gasteiger partial charge in [0.05, 0.1) is 13.2 Å². The average molecular weight is 248 g/mol. The van der Waals surface area contributed by atoms with Crippen molar-refractivity contribution in [1.82, 2.24) is 9.88 Å². The van der Waals surface area contributed by atoms with E-state index in [-0.39, 0.29) is 11.9 Å². The molecule has 1 aliphatic rings. The highest BCUT2D eigenvalue weighted by Crippen LogP contribution is 2.33. The van der Waals surface area contributed by atoms with Gasteiger partial charge in [-0.1, -0.05) is 0 Å². The number of likely N-dealkylation sites (tertiary alicyclic amines) is 1. The summed E-state index contributed by atoms with van der Waals surface area (Å²) >= 11 is 0. The van der Waals surface area contributed by atoms with Gasteiger partial charge in [0.1, 0.15) is 0 Å². The summed E-state index contributed by atoms with van der Waals surface area (Å²) in [4.78, 5) is 17.9. The van der Waals surface area contributed by atoms with Gasteiger partial charge in [0, 0.05) is 25.7 Å². The summed E-state index contributed by atoms with van der Waals surface area (Å²) in [5.74, 6) is 0.774. The number of carbonyl (C=O) groups excluding carboxylic acids is 1. The SMILES string of the molecule is COc1cc(C)c(C2CCCCN2C(C)=O)cn1. The fourth-order valence-electron chi connectivity index (χ4n) is 2.63. The Morgan fingerprint density at radius 3 is 2.89 bits per heavy atom. The Hall–Kier alpha value is -1.58. The highest BCUT2D eigenvalue weighted by atomic mass is 16.5. The van der Waals surface area contributed by atoms with Crippen LogP contribution in [0.4, 0.5) is 0 Å². The maximum absolute atomic E-state index is 11.7. The molecule has 1 amide bonds. The summed E-state index contributed by atoms with van der Waals surface area (Å²) in [6.45, 7) is 4.54. The van der Waals surface area contributed by atoms with Crippen LogP contribution in [-0.2, 0) is 4.79 Å². The molecule has 1 aromatic rings. The van der Waals surface area contributed by atoms with E-state index in [4.69, 9.17) is 4.74 Å². The third-order valence-electron chi connectivity index (χ3n) is 3.60. The third kappa shape index (κ3) is 2.47. The van der Waals surface area contributed by atoms with Gasteiger partial charge in [0.25, 0.3) is 0 Å². The summed E-state index contributed by atoms with van der Waals surface area (Å²) in [5.41, 5.74) is 2.28. The van der Waals surface area contributed by atoms with Crippen LogP contribution in [0, 0.1) is 6.92 Å². The first kappa shape index (κ1) is 12.9. The highest BCUT2D eigenvalue weighted by Gasteiger charge is 2.27. The molecule has 0 aliphatic carbocycles. The minimum atomic E-state index is 0.148. The van der Waals surface area contributed by atoms with Gasteiger partial charge in [-0.25, -0.2) is 4.98 Å². The Labute approximate surface area is 108 Å². The molecule has 0 N–H and O–H groups in total. The predicted molar refractivity (Wildman–Crippen MR) is 69.5 cm³/mol. The molecule has 0 aromatic carbocycles. The second-order valence-electron chi connectivity index (χ2n) is 4.81. The number of ether oxygens (including phenoxy) is 1. The lowest BCUT2D eigenvalue weighted by atomic mass is 9.93. The topological polar surface area (TPSA) is 42.4 Å². The number of carbonyl (C=O) groups is 1. The zero-order valence-corrected chi connectivity index (χ0v) is 11.3. The first-order valence-corrected chi connectivity index (χ1v) is 6.41. The molecular formula is C14H20N2O2. The molecule has 2 rings (SSSR count). The lowest BCUT2D eigenvalue weighted by Gasteiger charge is -2.36. The minimum absolute atomic E-state index is 0.148. The largest absolute Gasteiger partial charge is 0.481 e. The summed E-state index contributed by atoms with van der Waals surface area (Å²) in [7, 11) is 1.62. The number of aromatic nitrogens is 1. The van der Waals surface area contributed by atoms with Gasteiger partial charge < -0.3 is 9.64 Å². The van der Waals surface area contributed by atoms with Crippen molar-refractivity contribution in [3.63, 3.8) is 0 Å². The van der Waals surface area contributed by atoms with E-state index in [1.54, 1.807) is 14.0 Å². The first-order valence-electron chi connectivity index (χ1n) is 6.41. The molecule has 1 aliphatic heterocycles. The second kappa shape index (κ2) is 5.38. The van der Waals surface area contributed by atoms with Crippen LogP contribution < -0.4 is 4.74 Å². The molecule has 4 heteroatoms. The molecule has 1 saturated heterocycles. The van der Waals surface area contributed by atoms with Crippen molar-refractivity contribution in [2.45, 2.75) is 39.2 Å². The molecule has 1 unspecified atom stereocenters. The van der Waals surface area contributed by atoms with E-state index in [0.717, 1.165) is 30.5 Å². The number of aryl methyl sites for hydroxylation is 1. The molecule has 18 heavy (non-hydrogen) atoms. The fraction of sp³-hybridized carbons (Fsp3) is 0.571. The normalized spacial score (nSPS) is 19.7. The number of nitrogens with zero attached hydrogens (tertiary/aromatic N) is 2. The Kier molecular flexibility index (Phi) is 3.84. The summed E-state index contributed by atoms with van der Waals surface area (Å²) in [6.07, 6.45) is 5.13. The molecule has 98 valence electrons. The average Bonchev–Trinajstić information content (AvgIpc) is 2.38. The Morgan fingerprint density at radius 2 is 2.28 bits per heavy atom. The van der Waals surface area contributed by atoms with Gasteiger partial charge in [0.2, 0.25) is 11.8 Å². The van der Waals surface area contributed by atoms with E-state index in [1.165, 1.54) is 6.42 Å². The minimum Gasteiger partial charge on any atom is -0.481 e. The van der Waals surface area contributed by atoms with Crippen molar-refractivity contribution < 1.29 is 9.53 Å². The number of methoxy groups -OCH3 is 1. The van der Waals surface area contributed by atoms with E-state index in [1.807, 2.05) is 24.1 Å². The number of pyridine rings is 1. The van der Waals surface area contributed by atoms with Crippen molar-refractivity contribution in [3.8, 4) is 5.88 Å². The summed E-state index contributed by atoms with van der Waals surface area (Å²) in [5, 5.41) is 0. The number of rotatable bonds is 2. The van der Waals surface area contributed by atoms with Crippen molar-refractivity contribution in [1.29, 1.82) is 0 Å². The van der Waals surface area contributed by atoms with Crippen LogP contribution in [0.5, 0.6) is 5.88 Å². The number of hydrogen-bond acceptors (Lipinski definition) is 3. The van der Waals surface area contributed by atoms with Crippen LogP contribution >= 0.6 is 0 Å². The van der Waals surface area contributed by atoms with Gasteiger partial charge in [-0.3, -0.25) is 4.79 Å². The van der Waals surface area contributed by atoms with Crippen molar-refractivity contribution in [3.05, 3.63) is 23.4 Å². The van der Waals surface area contributed by atoms with Crippen LogP contribution in [0.25, 0.3) is 0 Å². The van der Waals surface area contributed by atoms with E-state index in [2.05, 4.69) is 4.98 Å². The molecule has 1 atom stereocenters. The lowest BCUT2D eigenvalue weighted by Crippen LogP contribution is -2.37. The zero-order chi connectivity index (χ0) is 13.1. The van der Waals surface area contributed by atoms with E-state index in [9.17, 15) is 4.79 Å². The predicted octanol–water partition coefficient (Wildman–Crippen LogP) is 2.47. The van der Waals surface area contributed by atoms with Gasteiger partial charge in [-0.2, -0.15) is 0 Å². The molecule has 0 bridgehead atoms. The molecule has 4 nitrogen and oxygen atoms in total. The Balaban J connectivity index is 2.31. The third-order valence-corrected chi connectivity index (χ3v) is 3.60. The van der Waals surface area contributed by atoms with Crippen LogP contribution in [0.2, 0.25) is 0 Å². The fourth-order valence-corrected chi connectivity index (χ4v) is 2.63. The van der Waals surface area contributed by atoms with Gasteiger partial charge >= 0.3 is 0 Å². The highest BCUT2D eigenvalue weighted by molar-refractivity contribution is 5.74. The molecule has 2 heterocycles. The van der Waals surface area contributed by atoms with Gasteiger partial charge in [-0.15, -0.1) is 0 Å². The maximum atomic E-state index is 11.7. The maximum Gasteiger partial charge on any atom is 0.219 e. The summed E-state index contributed by atoms with van der Waals surface area (Å²) in [6, 6.07) is 2.11. The molecule has 0 spiro atoms. The van der Waals surface area contributed by atoms with E-state index < -0.39 is 0 Å². The zero-order valence-electron chi connectivity index (χ0n) is 11.3. The van der Waals surface area contributed by atoms with E-state index in [0.29, 0.717) is 5.88 Å². The number of piperidine rings is 1. The van der Waals surface area contributed by atoms with Crippen LogP contribution in [0.3, 0.4) is 0 Å². The van der Waals surface area contributed by atoms with Crippen LogP contribution in [0.15, 0.2) is 12.3 Å². The van der Waals surface area contributed by atoms with E-state index >= 15 is 0 Å². The number of amides is 1. The molecule has 1 fully saturated rings. The van der Waals surface area contributed by atoms with Crippen LogP contribution in [-0.4, -0.2) is 29.4 Å². The smallest absolute Gasteiger partial charge is 0.219 e. The monoisotopic (exact) mass is 248 g/mol. The quantitative estimate of drug-likeness (QED) is 0.807. The molecule has 1 aromatic heterocycles. The molecular weight excluding hydrogens is 228 g/mol. The Bertz CT molecular complexity index is 445. The standard InChI is InChI=1S/C14H20N2O2/c1-10-8-14(18-3)15-9-12(10)13-6-4-5-7-16(13)11(2)17/h8-9,13H,4-7H2,1-3H3. The van der Waals surface area contributed by atoms with Gasteiger partial charge in [0.15, 0.2) is 0 Å². The van der Waals surface area contributed by atoms with Crippen LogP contribution in [0.1, 0.15) is 43.4 Å². The first-order chi connectivity index (χ1) is 8.63. The van der Waals surface area contributed by atoms with Crippen molar-refractivity contribution in [2.75, 3.05) is 13.7 Å². The molecule has 0 radical (unpaired) electrons. The second-order valence-corrected chi connectivity index (χ2v) is 4.81. The van der Waals surface area contributed by atoms with Gasteiger partial charge in [-0.05, 0) is 37.3 Å². The Morgan fingerprint density at radius 1 is 1.50 bits per heavy atom.